The van der Waals surface area contributed by atoms with E-state index in [2.05, 4.69) is 4.57 Å². The number of hydrogen-bond donors (Lipinski definition) is 0. The number of fused-ring (bicyclic) bond motifs is 2. The molecule has 0 spiro atoms. The molecule has 0 N–H and O–H groups in total. The third kappa shape index (κ3) is 2.12. The second kappa shape index (κ2) is 5.44. The molecule has 4 aromatic rings. The molecule has 0 bridgehead atoms. The monoisotopic (exact) mass is 318 g/mol. The third-order valence-corrected chi connectivity index (χ3v) is 4.88. The molecule has 3 heterocycles. The second-order valence-electron chi connectivity index (χ2n) is 6.43. The maximum absolute atomic E-state index is 5.64. The maximum atomic E-state index is 5.64. The van der Waals surface area contributed by atoms with Crippen LogP contribution in [0.2, 0.25) is 0 Å². The van der Waals surface area contributed by atoms with Crippen molar-refractivity contribution >= 4 is 22.3 Å². The van der Waals surface area contributed by atoms with Gasteiger partial charge < -0.3 is 8.98 Å². The summed E-state index contributed by atoms with van der Waals surface area (Å²) >= 11 is 0. The SMILES string of the molecule is c1coc(-c2nc3nc4ccccc4nc3n2C2CCCCC2)c1. The van der Waals surface area contributed by atoms with Crippen LogP contribution < -0.4 is 0 Å². The van der Waals surface area contributed by atoms with Gasteiger partial charge in [-0.15, -0.1) is 0 Å². The van der Waals surface area contributed by atoms with E-state index in [0.717, 1.165) is 41.1 Å². The average molecular weight is 318 g/mol. The Morgan fingerprint density at radius 1 is 0.875 bits per heavy atom. The van der Waals surface area contributed by atoms with Crippen molar-refractivity contribution in [3.05, 3.63) is 42.7 Å². The first-order valence-corrected chi connectivity index (χ1v) is 8.59. The summed E-state index contributed by atoms with van der Waals surface area (Å²) in [7, 11) is 0. The molecule has 0 radical (unpaired) electrons. The minimum absolute atomic E-state index is 0.416. The van der Waals surface area contributed by atoms with E-state index in [1.54, 1.807) is 6.26 Å². The molecule has 0 unspecified atom stereocenters. The number of para-hydroxylation sites is 2. The lowest BCUT2D eigenvalue weighted by Crippen LogP contribution is -2.14. The molecule has 5 heteroatoms. The Labute approximate surface area is 139 Å². The summed E-state index contributed by atoms with van der Waals surface area (Å²) in [5.74, 6) is 1.63. The van der Waals surface area contributed by atoms with Gasteiger partial charge >= 0.3 is 0 Å². The van der Waals surface area contributed by atoms with Crippen LogP contribution in [0, 0.1) is 0 Å². The molecule has 1 aromatic carbocycles. The summed E-state index contributed by atoms with van der Waals surface area (Å²) in [6.07, 6.45) is 7.83. The number of rotatable bonds is 2. The van der Waals surface area contributed by atoms with Gasteiger partial charge in [-0.2, -0.15) is 0 Å². The van der Waals surface area contributed by atoms with Crippen molar-refractivity contribution in [1.29, 1.82) is 0 Å². The van der Waals surface area contributed by atoms with Crippen molar-refractivity contribution < 1.29 is 4.42 Å². The fourth-order valence-corrected chi connectivity index (χ4v) is 3.74. The van der Waals surface area contributed by atoms with E-state index >= 15 is 0 Å². The zero-order valence-corrected chi connectivity index (χ0v) is 13.4. The van der Waals surface area contributed by atoms with Crippen molar-refractivity contribution in [1.82, 2.24) is 19.5 Å². The first kappa shape index (κ1) is 13.7. The van der Waals surface area contributed by atoms with Crippen molar-refractivity contribution in [3.63, 3.8) is 0 Å². The molecule has 5 rings (SSSR count). The predicted octanol–water partition coefficient (Wildman–Crippen LogP) is 4.74. The van der Waals surface area contributed by atoms with E-state index in [1.165, 1.54) is 19.3 Å². The van der Waals surface area contributed by atoms with Gasteiger partial charge in [0.25, 0.3) is 0 Å². The highest BCUT2D eigenvalue weighted by atomic mass is 16.3. The summed E-state index contributed by atoms with van der Waals surface area (Å²) in [5, 5.41) is 0. The molecule has 24 heavy (non-hydrogen) atoms. The summed E-state index contributed by atoms with van der Waals surface area (Å²) in [6.45, 7) is 0. The van der Waals surface area contributed by atoms with E-state index in [1.807, 2.05) is 36.4 Å². The molecule has 1 saturated carbocycles. The van der Waals surface area contributed by atoms with Crippen molar-refractivity contribution in [2.24, 2.45) is 0 Å². The van der Waals surface area contributed by atoms with Gasteiger partial charge in [-0.25, -0.2) is 15.0 Å². The minimum Gasteiger partial charge on any atom is -0.461 e. The van der Waals surface area contributed by atoms with E-state index in [-0.39, 0.29) is 0 Å². The van der Waals surface area contributed by atoms with Gasteiger partial charge in [-0.1, -0.05) is 31.4 Å². The fourth-order valence-electron chi connectivity index (χ4n) is 3.74. The Kier molecular flexibility index (Phi) is 3.11. The summed E-state index contributed by atoms with van der Waals surface area (Å²) in [6, 6.07) is 12.2. The lowest BCUT2D eigenvalue weighted by molar-refractivity contribution is 0.359. The van der Waals surface area contributed by atoms with Gasteiger partial charge in [0.15, 0.2) is 22.9 Å². The Bertz CT molecular complexity index is 997. The first-order valence-electron chi connectivity index (χ1n) is 8.59. The second-order valence-corrected chi connectivity index (χ2v) is 6.43. The molecule has 0 saturated heterocycles. The Morgan fingerprint density at radius 2 is 1.67 bits per heavy atom. The van der Waals surface area contributed by atoms with Crippen LogP contribution in [0.3, 0.4) is 0 Å². The van der Waals surface area contributed by atoms with E-state index < -0.39 is 0 Å². The van der Waals surface area contributed by atoms with E-state index in [9.17, 15) is 0 Å². The number of hydrogen-bond acceptors (Lipinski definition) is 4. The lowest BCUT2D eigenvalue weighted by atomic mass is 9.95. The highest BCUT2D eigenvalue weighted by molar-refractivity contribution is 5.84. The first-order chi connectivity index (χ1) is 11.9. The Balaban J connectivity index is 1.80. The fraction of sp³-hybridized carbons (Fsp3) is 0.316. The number of aromatic nitrogens is 4. The van der Waals surface area contributed by atoms with Crippen LogP contribution in [-0.2, 0) is 0 Å². The largest absolute Gasteiger partial charge is 0.461 e. The van der Waals surface area contributed by atoms with Crippen LogP contribution in [0.5, 0.6) is 0 Å². The molecule has 5 nitrogen and oxygen atoms in total. The number of benzene rings is 1. The number of imidazole rings is 1. The van der Waals surface area contributed by atoms with Gasteiger partial charge in [-0.05, 0) is 37.1 Å². The molecule has 0 aliphatic heterocycles. The zero-order valence-electron chi connectivity index (χ0n) is 13.4. The number of furan rings is 1. The van der Waals surface area contributed by atoms with Gasteiger partial charge in [0.05, 0.1) is 17.3 Å². The topological polar surface area (TPSA) is 56.7 Å². The summed E-state index contributed by atoms with van der Waals surface area (Å²) in [5.41, 5.74) is 3.36. The van der Waals surface area contributed by atoms with Crippen molar-refractivity contribution in [2.75, 3.05) is 0 Å². The quantitative estimate of drug-likeness (QED) is 0.535. The molecule has 120 valence electrons. The van der Waals surface area contributed by atoms with Crippen LogP contribution in [-0.4, -0.2) is 19.5 Å². The van der Waals surface area contributed by atoms with Gasteiger partial charge in [0.1, 0.15) is 0 Å². The van der Waals surface area contributed by atoms with Crippen molar-refractivity contribution in [2.45, 2.75) is 38.1 Å². The molecular weight excluding hydrogens is 300 g/mol. The molecule has 0 atom stereocenters. The standard InChI is InChI=1S/C19H18N4O/c1-2-7-13(8-3-1)23-18(16-11-6-12-24-16)22-17-19(23)21-15-10-5-4-9-14(15)20-17/h4-6,9-13H,1-3,7-8H2. The molecule has 1 aliphatic carbocycles. The van der Waals surface area contributed by atoms with Crippen molar-refractivity contribution in [3.8, 4) is 11.6 Å². The Morgan fingerprint density at radius 3 is 2.42 bits per heavy atom. The van der Waals surface area contributed by atoms with Crippen LogP contribution in [0.1, 0.15) is 38.1 Å². The molecular formula is C19H18N4O. The molecule has 3 aromatic heterocycles. The smallest absolute Gasteiger partial charge is 0.198 e. The predicted molar refractivity (Wildman–Crippen MR) is 92.7 cm³/mol. The third-order valence-electron chi connectivity index (χ3n) is 4.88. The van der Waals surface area contributed by atoms with Gasteiger partial charge in [0, 0.05) is 6.04 Å². The molecule has 1 aliphatic rings. The molecule has 0 amide bonds. The average Bonchev–Trinajstić information content (AvgIpc) is 3.28. The Hall–Kier alpha value is -2.69. The minimum atomic E-state index is 0.416. The maximum Gasteiger partial charge on any atom is 0.198 e. The summed E-state index contributed by atoms with van der Waals surface area (Å²) in [4.78, 5) is 14.4. The molecule has 1 fully saturated rings. The van der Waals surface area contributed by atoms with Crippen LogP contribution in [0.15, 0.2) is 47.1 Å². The van der Waals surface area contributed by atoms with Gasteiger partial charge in [0.2, 0.25) is 0 Å². The number of nitrogens with zero attached hydrogens (tertiary/aromatic N) is 4. The zero-order chi connectivity index (χ0) is 15.9. The van der Waals surface area contributed by atoms with Crippen LogP contribution >= 0.6 is 0 Å². The van der Waals surface area contributed by atoms with Gasteiger partial charge in [-0.3, -0.25) is 0 Å². The van der Waals surface area contributed by atoms with E-state index in [4.69, 9.17) is 19.4 Å². The van der Waals surface area contributed by atoms with Crippen LogP contribution in [0.4, 0.5) is 0 Å². The van der Waals surface area contributed by atoms with E-state index in [0.29, 0.717) is 11.7 Å². The summed E-state index contributed by atoms with van der Waals surface area (Å²) < 4.78 is 7.90. The highest BCUT2D eigenvalue weighted by Crippen LogP contribution is 2.35. The normalized spacial score (nSPS) is 16.2. The van der Waals surface area contributed by atoms with Crippen LogP contribution in [0.25, 0.3) is 33.9 Å². The lowest BCUT2D eigenvalue weighted by Gasteiger charge is -2.24. The highest BCUT2D eigenvalue weighted by Gasteiger charge is 2.25.